The van der Waals surface area contributed by atoms with Crippen LogP contribution in [0.4, 0.5) is 5.69 Å². The average Bonchev–Trinajstić information content (AvgIpc) is 2.93. The van der Waals surface area contributed by atoms with Crippen LogP contribution in [-0.4, -0.2) is 48.9 Å². The number of anilines is 1. The molecule has 0 radical (unpaired) electrons. The highest BCUT2D eigenvalue weighted by molar-refractivity contribution is 5.94. The van der Waals surface area contributed by atoms with E-state index in [1.165, 1.54) is 0 Å². The number of hydrogen-bond acceptors (Lipinski definition) is 5. The molecule has 1 aromatic rings. The Balaban J connectivity index is 1.63. The number of benzene rings is 1. The molecule has 3 rings (SSSR count). The summed E-state index contributed by atoms with van der Waals surface area (Å²) >= 11 is 0. The molecule has 2 heterocycles. The third-order valence-corrected chi connectivity index (χ3v) is 4.02. The highest BCUT2D eigenvalue weighted by Crippen LogP contribution is 2.34. The average molecular weight is 306 g/mol. The van der Waals surface area contributed by atoms with E-state index >= 15 is 0 Å². The zero-order valence-electron chi connectivity index (χ0n) is 13.2. The van der Waals surface area contributed by atoms with E-state index in [4.69, 9.17) is 14.2 Å². The molecule has 0 saturated carbocycles. The molecular weight excluding hydrogens is 284 g/mol. The second kappa shape index (κ2) is 6.14. The van der Waals surface area contributed by atoms with Crippen LogP contribution < -0.4 is 14.8 Å². The van der Waals surface area contributed by atoms with Crippen LogP contribution in [0.5, 0.6) is 11.5 Å². The van der Waals surface area contributed by atoms with Crippen LogP contribution >= 0.6 is 0 Å². The number of ether oxygens (including phenoxy) is 3. The summed E-state index contributed by atoms with van der Waals surface area (Å²) in [6.45, 7) is 7.75. The molecule has 0 aromatic heterocycles. The number of carbonyl (C=O) groups is 1. The fourth-order valence-electron chi connectivity index (χ4n) is 2.92. The maximum Gasteiger partial charge on any atom is 0.241 e. The van der Waals surface area contributed by atoms with Gasteiger partial charge in [0.05, 0.1) is 18.2 Å². The van der Waals surface area contributed by atoms with E-state index in [9.17, 15) is 4.79 Å². The Hall–Kier alpha value is -1.79. The lowest BCUT2D eigenvalue weighted by atomic mass is 10.1. The van der Waals surface area contributed by atoms with E-state index in [-0.39, 0.29) is 30.9 Å². The normalized spacial score (nSPS) is 25.8. The molecule has 22 heavy (non-hydrogen) atoms. The highest BCUT2D eigenvalue weighted by atomic mass is 16.7. The molecule has 0 aliphatic carbocycles. The minimum absolute atomic E-state index is 0.0276. The van der Waals surface area contributed by atoms with Gasteiger partial charge in [-0.25, -0.2) is 0 Å². The van der Waals surface area contributed by atoms with Crippen LogP contribution in [0.25, 0.3) is 0 Å². The zero-order chi connectivity index (χ0) is 15.7. The lowest BCUT2D eigenvalue weighted by Crippen LogP contribution is -2.52. The van der Waals surface area contributed by atoms with Crippen molar-refractivity contribution >= 4 is 11.6 Å². The van der Waals surface area contributed by atoms with Crippen molar-refractivity contribution in [2.24, 2.45) is 0 Å². The van der Waals surface area contributed by atoms with Crippen LogP contribution in [0.15, 0.2) is 18.2 Å². The smallest absolute Gasteiger partial charge is 0.241 e. The molecule has 1 aromatic carbocycles. The van der Waals surface area contributed by atoms with Crippen LogP contribution in [0.3, 0.4) is 0 Å². The summed E-state index contributed by atoms with van der Waals surface area (Å²) < 4.78 is 16.3. The van der Waals surface area contributed by atoms with Gasteiger partial charge in [-0.2, -0.15) is 0 Å². The molecule has 0 bridgehead atoms. The third kappa shape index (κ3) is 3.18. The second-order valence-corrected chi connectivity index (χ2v) is 5.94. The Labute approximate surface area is 130 Å². The van der Waals surface area contributed by atoms with Crippen molar-refractivity contribution in [2.75, 3.05) is 25.2 Å². The van der Waals surface area contributed by atoms with Crippen LogP contribution in [0, 0.1) is 0 Å². The predicted octanol–water partition coefficient (Wildman–Crippen LogP) is 1.85. The van der Waals surface area contributed by atoms with Gasteiger partial charge in [-0.3, -0.25) is 9.69 Å². The molecule has 3 atom stereocenters. The topological polar surface area (TPSA) is 60.0 Å². The minimum atomic E-state index is -0.209. The first kappa shape index (κ1) is 15.1. The Morgan fingerprint density at radius 2 is 1.91 bits per heavy atom. The maximum absolute atomic E-state index is 12.5. The summed E-state index contributed by atoms with van der Waals surface area (Å²) in [7, 11) is 0. The Kier molecular flexibility index (Phi) is 4.22. The van der Waals surface area contributed by atoms with Crippen LogP contribution in [0.2, 0.25) is 0 Å². The van der Waals surface area contributed by atoms with Crippen molar-refractivity contribution in [2.45, 2.75) is 39.0 Å². The molecule has 1 saturated heterocycles. The van der Waals surface area contributed by atoms with Crippen molar-refractivity contribution in [3.8, 4) is 11.5 Å². The molecule has 2 aliphatic rings. The molecular formula is C16H22N2O4. The van der Waals surface area contributed by atoms with Gasteiger partial charge in [-0.1, -0.05) is 0 Å². The van der Waals surface area contributed by atoms with Gasteiger partial charge in [0.15, 0.2) is 11.5 Å². The highest BCUT2D eigenvalue weighted by Gasteiger charge is 2.29. The summed E-state index contributed by atoms with van der Waals surface area (Å²) in [5.74, 6) is 1.35. The maximum atomic E-state index is 12.5. The quantitative estimate of drug-likeness (QED) is 0.923. The SMILES string of the molecule is C[C@H]1CN([C@@H](C)C(=O)Nc2ccc3c(c2)OCO3)C[C@H](C)O1. The monoisotopic (exact) mass is 306 g/mol. The fraction of sp³-hybridized carbons (Fsp3) is 0.562. The van der Waals surface area contributed by atoms with E-state index < -0.39 is 0 Å². The number of fused-ring (bicyclic) bond motifs is 1. The van der Waals surface area contributed by atoms with Gasteiger partial charge in [0.1, 0.15) is 0 Å². The van der Waals surface area contributed by atoms with Crippen molar-refractivity contribution in [3.05, 3.63) is 18.2 Å². The largest absolute Gasteiger partial charge is 0.454 e. The minimum Gasteiger partial charge on any atom is -0.454 e. The predicted molar refractivity (Wildman–Crippen MR) is 82.2 cm³/mol. The van der Waals surface area contributed by atoms with Crippen LogP contribution in [0.1, 0.15) is 20.8 Å². The van der Waals surface area contributed by atoms with Gasteiger partial charge < -0.3 is 19.5 Å². The van der Waals surface area contributed by atoms with E-state index in [2.05, 4.69) is 10.2 Å². The Morgan fingerprint density at radius 1 is 1.23 bits per heavy atom. The third-order valence-electron chi connectivity index (χ3n) is 4.02. The van der Waals surface area contributed by atoms with E-state index in [0.717, 1.165) is 18.8 Å². The number of carbonyl (C=O) groups excluding carboxylic acids is 1. The molecule has 0 unspecified atom stereocenters. The Morgan fingerprint density at radius 3 is 2.64 bits per heavy atom. The number of nitrogens with one attached hydrogen (secondary N) is 1. The molecule has 0 spiro atoms. The van der Waals surface area contributed by atoms with Gasteiger partial charge >= 0.3 is 0 Å². The van der Waals surface area contributed by atoms with Gasteiger partial charge in [-0.15, -0.1) is 0 Å². The van der Waals surface area contributed by atoms with E-state index in [0.29, 0.717) is 11.5 Å². The number of morpholine rings is 1. The Bertz CT molecular complexity index is 553. The number of nitrogens with zero attached hydrogens (tertiary/aromatic N) is 1. The standard InChI is InChI=1S/C16H22N2O4/c1-10-7-18(8-11(2)22-10)12(3)16(19)17-13-4-5-14-15(6-13)21-9-20-14/h4-6,10-12H,7-9H2,1-3H3,(H,17,19)/t10-,11-,12-/m0/s1. The van der Waals surface area contributed by atoms with E-state index in [1.807, 2.05) is 32.9 Å². The van der Waals surface area contributed by atoms with Crippen molar-refractivity contribution < 1.29 is 19.0 Å². The van der Waals surface area contributed by atoms with Gasteiger partial charge in [0.25, 0.3) is 0 Å². The molecule has 6 nitrogen and oxygen atoms in total. The number of hydrogen-bond donors (Lipinski definition) is 1. The van der Waals surface area contributed by atoms with Crippen molar-refractivity contribution in [1.82, 2.24) is 4.90 Å². The van der Waals surface area contributed by atoms with Crippen molar-refractivity contribution in [3.63, 3.8) is 0 Å². The first-order valence-electron chi connectivity index (χ1n) is 7.63. The molecule has 120 valence electrons. The molecule has 1 fully saturated rings. The summed E-state index contributed by atoms with van der Waals surface area (Å²) in [4.78, 5) is 14.6. The van der Waals surface area contributed by atoms with Gasteiger partial charge in [0.2, 0.25) is 12.7 Å². The first-order valence-corrected chi connectivity index (χ1v) is 7.63. The van der Waals surface area contributed by atoms with E-state index in [1.54, 1.807) is 6.07 Å². The molecule has 2 aliphatic heterocycles. The molecule has 6 heteroatoms. The number of rotatable bonds is 3. The fourth-order valence-corrected chi connectivity index (χ4v) is 2.92. The summed E-state index contributed by atoms with van der Waals surface area (Å²) in [6.07, 6.45) is 0.286. The van der Waals surface area contributed by atoms with Gasteiger partial charge in [-0.05, 0) is 32.9 Å². The summed E-state index contributed by atoms with van der Waals surface area (Å²) in [5, 5.41) is 2.94. The lowest BCUT2D eigenvalue weighted by molar-refractivity contribution is -0.126. The van der Waals surface area contributed by atoms with Crippen molar-refractivity contribution in [1.29, 1.82) is 0 Å². The number of amides is 1. The summed E-state index contributed by atoms with van der Waals surface area (Å²) in [6, 6.07) is 5.21. The van der Waals surface area contributed by atoms with Gasteiger partial charge in [0, 0.05) is 24.8 Å². The van der Waals surface area contributed by atoms with Crippen LogP contribution in [-0.2, 0) is 9.53 Å². The molecule has 1 amide bonds. The summed E-state index contributed by atoms with van der Waals surface area (Å²) in [5.41, 5.74) is 0.718. The molecule has 1 N–H and O–H groups in total. The first-order chi connectivity index (χ1) is 10.5. The second-order valence-electron chi connectivity index (χ2n) is 5.94. The lowest BCUT2D eigenvalue weighted by Gasteiger charge is -2.38. The zero-order valence-corrected chi connectivity index (χ0v) is 13.2.